The highest BCUT2D eigenvalue weighted by molar-refractivity contribution is 5.87. The van der Waals surface area contributed by atoms with Gasteiger partial charge in [-0.05, 0) is 6.08 Å². The highest BCUT2D eigenvalue weighted by atomic mass is 16.3. The Balaban J connectivity index is 0.000000461. The van der Waals surface area contributed by atoms with Crippen LogP contribution in [0.2, 0.25) is 0 Å². The first-order valence-corrected chi connectivity index (χ1v) is 4.83. The Bertz CT molecular complexity index is 313. The fourth-order valence-electron chi connectivity index (χ4n) is 1.44. The average Bonchev–Trinajstić information content (AvgIpc) is 2.47. The minimum absolute atomic E-state index is 0.0310. The molecule has 3 nitrogen and oxygen atoms in total. The maximum absolute atomic E-state index is 11.2. The molecule has 0 aromatic carbocycles. The van der Waals surface area contributed by atoms with E-state index in [4.69, 9.17) is 0 Å². The zero-order valence-electron chi connectivity index (χ0n) is 8.45. The minimum atomic E-state index is -0.264. The molecule has 76 valence electrons. The topological polar surface area (TPSA) is 49.3 Å². The van der Waals surface area contributed by atoms with E-state index in [2.05, 4.69) is 5.32 Å². The van der Waals surface area contributed by atoms with E-state index in [1.165, 1.54) is 0 Å². The van der Waals surface area contributed by atoms with Crippen molar-refractivity contribution in [3.63, 3.8) is 0 Å². The molecule has 3 heteroatoms. The molecule has 1 saturated heterocycles. The van der Waals surface area contributed by atoms with Gasteiger partial charge < -0.3 is 10.4 Å². The zero-order valence-corrected chi connectivity index (χ0v) is 8.45. The summed E-state index contributed by atoms with van der Waals surface area (Å²) in [5.74, 6) is -0.0835. The fraction of sp³-hybridized carbons (Fsp3) is 0.364. The maximum Gasteiger partial charge on any atom is 0.231 e. The molecule has 1 aliphatic heterocycles. The van der Waals surface area contributed by atoms with Crippen LogP contribution in [-0.2, 0) is 4.79 Å². The van der Waals surface area contributed by atoms with E-state index in [0.717, 1.165) is 5.57 Å². The summed E-state index contributed by atoms with van der Waals surface area (Å²) in [6.07, 6.45) is 6.90. The van der Waals surface area contributed by atoms with Crippen molar-refractivity contribution in [2.24, 2.45) is 5.92 Å². The molecule has 0 aromatic rings. The number of aliphatic hydroxyl groups is 1. The highest BCUT2D eigenvalue weighted by Gasteiger charge is 2.29. The molecule has 2 rings (SSSR count). The second-order valence-electron chi connectivity index (χ2n) is 2.85. The molecule has 0 spiro atoms. The lowest BCUT2D eigenvalue weighted by molar-refractivity contribution is -0.120. The molecular weight excluding hydrogens is 178 g/mol. The summed E-state index contributed by atoms with van der Waals surface area (Å²) in [6, 6.07) is 0. The number of hydrogen-bond donors (Lipinski definition) is 2. The smallest absolute Gasteiger partial charge is 0.231 e. The van der Waals surface area contributed by atoms with Gasteiger partial charge in [-0.3, -0.25) is 4.79 Å². The third-order valence-electron chi connectivity index (χ3n) is 2.11. The summed E-state index contributed by atoms with van der Waals surface area (Å²) in [6.45, 7) is 4.46. The fourth-order valence-corrected chi connectivity index (χ4v) is 1.44. The monoisotopic (exact) mass is 193 g/mol. The molecule has 1 amide bonds. The summed E-state index contributed by atoms with van der Waals surface area (Å²) in [5, 5.41) is 12.1. The van der Waals surface area contributed by atoms with Crippen molar-refractivity contribution in [3.05, 3.63) is 35.6 Å². The molecule has 0 aromatic heterocycles. The van der Waals surface area contributed by atoms with Crippen molar-refractivity contribution in [2.45, 2.75) is 13.8 Å². The van der Waals surface area contributed by atoms with Crippen molar-refractivity contribution >= 4 is 5.91 Å². The van der Waals surface area contributed by atoms with Gasteiger partial charge in [0.25, 0.3) is 0 Å². The second kappa shape index (κ2) is 4.65. The van der Waals surface area contributed by atoms with Gasteiger partial charge in [0.15, 0.2) is 0 Å². The van der Waals surface area contributed by atoms with Crippen molar-refractivity contribution in [1.82, 2.24) is 5.32 Å². The van der Waals surface area contributed by atoms with Crippen LogP contribution in [0.5, 0.6) is 0 Å². The van der Waals surface area contributed by atoms with Gasteiger partial charge in [-0.25, -0.2) is 0 Å². The van der Waals surface area contributed by atoms with E-state index in [1.807, 2.05) is 13.8 Å². The number of carbonyl (C=O) groups is 1. The van der Waals surface area contributed by atoms with E-state index in [0.29, 0.717) is 6.54 Å². The molecule has 2 aliphatic rings. The SMILES string of the molecule is CC.O=C1NCC2=C(O)C=CC=CC12. The minimum Gasteiger partial charge on any atom is -0.508 e. The average molecular weight is 193 g/mol. The van der Waals surface area contributed by atoms with Crippen LogP contribution in [0, 0.1) is 5.92 Å². The van der Waals surface area contributed by atoms with E-state index in [-0.39, 0.29) is 17.6 Å². The van der Waals surface area contributed by atoms with Crippen LogP contribution in [0.3, 0.4) is 0 Å². The first-order chi connectivity index (χ1) is 6.79. The van der Waals surface area contributed by atoms with Gasteiger partial charge in [0.05, 0.1) is 5.92 Å². The van der Waals surface area contributed by atoms with Crippen LogP contribution in [0.4, 0.5) is 0 Å². The predicted molar refractivity (Wildman–Crippen MR) is 55.8 cm³/mol. The number of amides is 1. The van der Waals surface area contributed by atoms with Gasteiger partial charge in [0.2, 0.25) is 5.91 Å². The molecular formula is C11H15NO2. The lowest BCUT2D eigenvalue weighted by Crippen LogP contribution is -2.17. The van der Waals surface area contributed by atoms with E-state index >= 15 is 0 Å². The largest absolute Gasteiger partial charge is 0.508 e. The quantitative estimate of drug-likeness (QED) is 0.615. The van der Waals surface area contributed by atoms with Crippen molar-refractivity contribution in [2.75, 3.05) is 6.54 Å². The van der Waals surface area contributed by atoms with E-state index in [9.17, 15) is 9.90 Å². The Kier molecular flexibility index (Phi) is 3.51. The first kappa shape index (κ1) is 10.6. The molecule has 1 aliphatic carbocycles. The number of hydrogen-bond acceptors (Lipinski definition) is 2. The van der Waals surface area contributed by atoms with Gasteiger partial charge in [-0.15, -0.1) is 0 Å². The molecule has 2 N–H and O–H groups in total. The second-order valence-corrected chi connectivity index (χ2v) is 2.85. The molecule has 1 heterocycles. The van der Waals surface area contributed by atoms with Gasteiger partial charge in [0, 0.05) is 12.1 Å². The number of nitrogens with one attached hydrogen (secondary N) is 1. The van der Waals surface area contributed by atoms with Crippen LogP contribution >= 0.6 is 0 Å². The van der Waals surface area contributed by atoms with E-state index in [1.54, 1.807) is 24.3 Å². The standard InChI is InChI=1S/C9H9NO2.C2H6/c11-8-4-2-1-3-6-7(8)5-10-9(6)12;1-2/h1-4,6,11H,5H2,(H,10,12);1-2H3. The number of allylic oxidation sites excluding steroid dienone is 3. The van der Waals surface area contributed by atoms with Gasteiger partial charge in [-0.2, -0.15) is 0 Å². The van der Waals surface area contributed by atoms with Gasteiger partial charge in [0.1, 0.15) is 5.76 Å². The number of fused-ring (bicyclic) bond motifs is 1. The highest BCUT2D eigenvalue weighted by Crippen LogP contribution is 2.23. The number of rotatable bonds is 0. The number of aliphatic hydroxyl groups excluding tert-OH is 1. The summed E-state index contributed by atoms with van der Waals surface area (Å²) >= 11 is 0. The lowest BCUT2D eigenvalue weighted by Gasteiger charge is -2.01. The van der Waals surface area contributed by atoms with Crippen LogP contribution in [-0.4, -0.2) is 17.6 Å². The van der Waals surface area contributed by atoms with Crippen molar-refractivity contribution < 1.29 is 9.90 Å². The Hall–Kier alpha value is -1.51. The molecule has 14 heavy (non-hydrogen) atoms. The molecule has 1 unspecified atom stereocenters. The van der Waals surface area contributed by atoms with Crippen molar-refractivity contribution in [1.29, 1.82) is 0 Å². The summed E-state index contributed by atoms with van der Waals surface area (Å²) < 4.78 is 0. The third kappa shape index (κ3) is 1.87. The number of carbonyl (C=O) groups excluding carboxylic acids is 1. The normalized spacial score (nSPS) is 23.6. The lowest BCUT2D eigenvalue weighted by atomic mass is 10.0. The molecule has 0 bridgehead atoms. The van der Waals surface area contributed by atoms with Gasteiger partial charge in [-0.1, -0.05) is 32.1 Å². The third-order valence-corrected chi connectivity index (χ3v) is 2.11. The molecule has 1 atom stereocenters. The molecule has 0 saturated carbocycles. The van der Waals surface area contributed by atoms with Crippen LogP contribution in [0.15, 0.2) is 35.6 Å². The Morgan fingerprint density at radius 2 is 2.14 bits per heavy atom. The van der Waals surface area contributed by atoms with Crippen molar-refractivity contribution in [3.8, 4) is 0 Å². The summed E-state index contributed by atoms with van der Waals surface area (Å²) in [7, 11) is 0. The predicted octanol–water partition coefficient (Wildman–Crippen LogP) is 1.70. The Morgan fingerprint density at radius 1 is 1.43 bits per heavy atom. The zero-order chi connectivity index (χ0) is 10.6. The van der Waals surface area contributed by atoms with Crippen LogP contribution < -0.4 is 5.32 Å². The Labute approximate surface area is 83.8 Å². The van der Waals surface area contributed by atoms with E-state index < -0.39 is 0 Å². The maximum atomic E-state index is 11.2. The van der Waals surface area contributed by atoms with Crippen LogP contribution in [0.25, 0.3) is 0 Å². The summed E-state index contributed by atoms with van der Waals surface area (Å²) in [5.41, 5.74) is 0.769. The molecule has 0 radical (unpaired) electrons. The molecule has 1 fully saturated rings. The van der Waals surface area contributed by atoms with Crippen LogP contribution in [0.1, 0.15) is 13.8 Å². The Morgan fingerprint density at radius 3 is 2.86 bits per heavy atom. The van der Waals surface area contributed by atoms with Gasteiger partial charge >= 0.3 is 0 Å². The first-order valence-electron chi connectivity index (χ1n) is 4.83. The summed E-state index contributed by atoms with van der Waals surface area (Å²) in [4.78, 5) is 11.2.